The number of aromatic nitrogens is 3. The third kappa shape index (κ3) is 3.83. The van der Waals surface area contributed by atoms with Gasteiger partial charge < -0.3 is 10.1 Å². The molecule has 0 aliphatic rings. The molecule has 6 heteroatoms. The van der Waals surface area contributed by atoms with Crippen molar-refractivity contribution in [3.63, 3.8) is 0 Å². The summed E-state index contributed by atoms with van der Waals surface area (Å²) >= 11 is 1.71. The van der Waals surface area contributed by atoms with Gasteiger partial charge in [-0.15, -0.1) is 11.3 Å². The van der Waals surface area contributed by atoms with E-state index in [-0.39, 0.29) is 6.04 Å². The standard InChI is InChI=1S/C15H24N4OS/c1-5-7-19-15(13(20-4)9-17-19)12(16-6-2)8-14-18-11(3)10-21-14/h9-10,12,16H,5-8H2,1-4H3. The van der Waals surface area contributed by atoms with Crippen LogP contribution >= 0.6 is 11.3 Å². The molecule has 0 fully saturated rings. The van der Waals surface area contributed by atoms with Crippen molar-refractivity contribution >= 4 is 11.3 Å². The number of aryl methyl sites for hydroxylation is 2. The van der Waals surface area contributed by atoms with Crippen LogP contribution in [0.5, 0.6) is 5.75 Å². The Morgan fingerprint density at radius 1 is 1.43 bits per heavy atom. The zero-order valence-corrected chi connectivity index (χ0v) is 14.0. The Kier molecular flexibility index (Phi) is 5.76. The predicted octanol–water partition coefficient (Wildman–Crippen LogP) is 2.96. The number of hydrogen-bond donors (Lipinski definition) is 1. The lowest BCUT2D eigenvalue weighted by atomic mass is 10.1. The topological polar surface area (TPSA) is 52.0 Å². The van der Waals surface area contributed by atoms with Gasteiger partial charge in [-0.05, 0) is 19.9 Å². The van der Waals surface area contributed by atoms with Gasteiger partial charge in [0.2, 0.25) is 0 Å². The van der Waals surface area contributed by atoms with Crippen molar-refractivity contribution in [2.24, 2.45) is 0 Å². The third-order valence-corrected chi connectivity index (χ3v) is 4.32. The van der Waals surface area contributed by atoms with Crippen LogP contribution in [-0.2, 0) is 13.0 Å². The zero-order valence-electron chi connectivity index (χ0n) is 13.2. The van der Waals surface area contributed by atoms with Crippen LogP contribution in [0.1, 0.15) is 42.7 Å². The Labute approximate surface area is 130 Å². The van der Waals surface area contributed by atoms with E-state index in [0.717, 1.165) is 48.1 Å². The molecule has 21 heavy (non-hydrogen) atoms. The maximum Gasteiger partial charge on any atom is 0.161 e. The van der Waals surface area contributed by atoms with Crippen LogP contribution in [0.4, 0.5) is 0 Å². The van der Waals surface area contributed by atoms with Crippen LogP contribution < -0.4 is 10.1 Å². The van der Waals surface area contributed by atoms with Crippen molar-refractivity contribution in [2.75, 3.05) is 13.7 Å². The van der Waals surface area contributed by atoms with E-state index in [0.29, 0.717) is 0 Å². The molecular formula is C15H24N4OS. The number of likely N-dealkylation sites (N-methyl/N-ethyl adjacent to an activating group) is 1. The smallest absolute Gasteiger partial charge is 0.161 e. The van der Waals surface area contributed by atoms with Crippen molar-refractivity contribution in [1.82, 2.24) is 20.1 Å². The van der Waals surface area contributed by atoms with Crippen molar-refractivity contribution in [3.8, 4) is 5.75 Å². The van der Waals surface area contributed by atoms with E-state index in [1.807, 2.05) is 17.8 Å². The summed E-state index contributed by atoms with van der Waals surface area (Å²) in [5, 5.41) is 11.2. The highest BCUT2D eigenvalue weighted by Crippen LogP contribution is 2.28. The van der Waals surface area contributed by atoms with E-state index in [2.05, 4.69) is 34.6 Å². The van der Waals surface area contributed by atoms with Gasteiger partial charge >= 0.3 is 0 Å². The molecule has 0 amide bonds. The molecule has 0 saturated heterocycles. The van der Waals surface area contributed by atoms with Crippen molar-refractivity contribution in [2.45, 2.75) is 46.2 Å². The molecule has 0 spiro atoms. The molecule has 2 aromatic rings. The summed E-state index contributed by atoms with van der Waals surface area (Å²) in [4.78, 5) is 4.58. The van der Waals surface area contributed by atoms with E-state index in [4.69, 9.17) is 4.74 Å². The van der Waals surface area contributed by atoms with Gasteiger partial charge in [0.1, 0.15) is 0 Å². The van der Waals surface area contributed by atoms with Gasteiger partial charge in [0.15, 0.2) is 5.75 Å². The molecule has 1 unspecified atom stereocenters. The Balaban J connectivity index is 2.29. The number of ether oxygens (including phenoxy) is 1. The zero-order chi connectivity index (χ0) is 15.2. The van der Waals surface area contributed by atoms with Crippen LogP contribution in [-0.4, -0.2) is 28.4 Å². The van der Waals surface area contributed by atoms with Gasteiger partial charge in [0.05, 0.1) is 30.1 Å². The van der Waals surface area contributed by atoms with E-state index in [1.165, 1.54) is 0 Å². The van der Waals surface area contributed by atoms with Crippen molar-refractivity contribution in [3.05, 3.63) is 28.0 Å². The summed E-state index contributed by atoms with van der Waals surface area (Å²) in [6.45, 7) is 8.11. The lowest BCUT2D eigenvalue weighted by molar-refractivity contribution is 0.390. The highest BCUT2D eigenvalue weighted by atomic mass is 32.1. The molecule has 1 N–H and O–H groups in total. The van der Waals surface area contributed by atoms with E-state index >= 15 is 0 Å². The number of hydrogen-bond acceptors (Lipinski definition) is 5. The average molecular weight is 308 g/mol. The monoisotopic (exact) mass is 308 g/mol. The largest absolute Gasteiger partial charge is 0.493 e. The van der Waals surface area contributed by atoms with Crippen LogP contribution in [0.3, 0.4) is 0 Å². The highest BCUT2D eigenvalue weighted by Gasteiger charge is 2.22. The van der Waals surface area contributed by atoms with E-state index in [1.54, 1.807) is 18.4 Å². The number of methoxy groups -OCH3 is 1. The Hall–Kier alpha value is -1.40. The lowest BCUT2D eigenvalue weighted by Crippen LogP contribution is -2.26. The quantitative estimate of drug-likeness (QED) is 0.814. The van der Waals surface area contributed by atoms with E-state index in [9.17, 15) is 0 Å². The van der Waals surface area contributed by atoms with Gasteiger partial charge in [0.25, 0.3) is 0 Å². The molecule has 0 aliphatic heterocycles. The lowest BCUT2D eigenvalue weighted by Gasteiger charge is -2.19. The summed E-state index contributed by atoms with van der Waals surface area (Å²) in [7, 11) is 1.70. The minimum atomic E-state index is 0.171. The minimum Gasteiger partial charge on any atom is -0.493 e. The number of thiazole rings is 1. The van der Waals surface area contributed by atoms with Gasteiger partial charge in [-0.2, -0.15) is 5.10 Å². The minimum absolute atomic E-state index is 0.171. The average Bonchev–Trinajstić information content (AvgIpc) is 3.05. The first-order valence-electron chi connectivity index (χ1n) is 7.43. The van der Waals surface area contributed by atoms with Gasteiger partial charge in [0, 0.05) is 24.0 Å². The maximum absolute atomic E-state index is 5.50. The molecule has 1 atom stereocenters. The molecule has 0 saturated carbocycles. The number of nitrogens with one attached hydrogen (secondary N) is 1. The number of nitrogens with zero attached hydrogens (tertiary/aromatic N) is 3. The predicted molar refractivity (Wildman–Crippen MR) is 86.0 cm³/mol. The van der Waals surface area contributed by atoms with Crippen LogP contribution in [0.2, 0.25) is 0 Å². The molecule has 2 heterocycles. The molecule has 0 aliphatic carbocycles. The first kappa shape index (κ1) is 16.0. The molecule has 116 valence electrons. The van der Waals surface area contributed by atoms with Gasteiger partial charge in [-0.25, -0.2) is 4.98 Å². The fourth-order valence-electron chi connectivity index (χ4n) is 2.46. The fraction of sp³-hybridized carbons (Fsp3) is 0.600. The van der Waals surface area contributed by atoms with Crippen molar-refractivity contribution in [1.29, 1.82) is 0 Å². The summed E-state index contributed by atoms with van der Waals surface area (Å²) in [6.07, 6.45) is 3.72. The Morgan fingerprint density at radius 3 is 2.81 bits per heavy atom. The van der Waals surface area contributed by atoms with Gasteiger partial charge in [-0.1, -0.05) is 13.8 Å². The first-order valence-corrected chi connectivity index (χ1v) is 8.31. The molecule has 5 nitrogen and oxygen atoms in total. The summed E-state index contributed by atoms with van der Waals surface area (Å²) in [5.74, 6) is 0.850. The second-order valence-electron chi connectivity index (χ2n) is 5.02. The maximum atomic E-state index is 5.50. The summed E-state index contributed by atoms with van der Waals surface area (Å²) in [6, 6.07) is 0.171. The molecule has 2 aromatic heterocycles. The second-order valence-corrected chi connectivity index (χ2v) is 5.96. The highest BCUT2D eigenvalue weighted by molar-refractivity contribution is 7.09. The Bertz CT molecular complexity index is 564. The Morgan fingerprint density at radius 2 is 2.24 bits per heavy atom. The van der Waals surface area contributed by atoms with Crippen LogP contribution in [0.15, 0.2) is 11.6 Å². The third-order valence-electron chi connectivity index (χ3n) is 3.33. The van der Waals surface area contributed by atoms with Gasteiger partial charge in [-0.3, -0.25) is 4.68 Å². The fourth-order valence-corrected chi connectivity index (χ4v) is 3.28. The summed E-state index contributed by atoms with van der Waals surface area (Å²) < 4.78 is 7.55. The van der Waals surface area contributed by atoms with Crippen LogP contribution in [0, 0.1) is 6.92 Å². The molecule has 2 rings (SSSR count). The number of rotatable bonds is 8. The second kappa shape index (κ2) is 7.56. The molecular weight excluding hydrogens is 284 g/mol. The molecule has 0 radical (unpaired) electrons. The molecule has 0 bridgehead atoms. The normalized spacial score (nSPS) is 12.6. The first-order chi connectivity index (χ1) is 10.2. The summed E-state index contributed by atoms with van der Waals surface area (Å²) in [5.41, 5.74) is 2.20. The molecule has 0 aromatic carbocycles. The van der Waals surface area contributed by atoms with Crippen molar-refractivity contribution < 1.29 is 4.74 Å². The van der Waals surface area contributed by atoms with Crippen LogP contribution in [0.25, 0.3) is 0 Å². The SMILES string of the molecule is CCCn1ncc(OC)c1C(Cc1nc(C)cs1)NCC. The van der Waals surface area contributed by atoms with E-state index < -0.39 is 0 Å².